The minimum absolute atomic E-state index is 0.0743. The molecule has 0 aromatic heterocycles. The molecule has 1 aromatic carbocycles. The molecule has 2 rings (SSSR count). The lowest BCUT2D eigenvalue weighted by Gasteiger charge is -2.20. The Hall–Kier alpha value is -2.57. The molecule has 7 heteroatoms. The monoisotopic (exact) mass is 333 g/mol. The number of primary amides is 1. The van der Waals surface area contributed by atoms with Crippen molar-refractivity contribution in [1.82, 2.24) is 4.90 Å². The van der Waals surface area contributed by atoms with E-state index in [0.717, 1.165) is 5.56 Å². The summed E-state index contributed by atoms with van der Waals surface area (Å²) in [5.74, 6) is -0.928. The number of nitrogens with two attached hydrogens (primary N) is 1. The second kappa shape index (κ2) is 6.90. The first kappa shape index (κ1) is 17.8. The zero-order valence-electron chi connectivity index (χ0n) is 14.2. The van der Waals surface area contributed by atoms with Crippen LogP contribution in [-0.4, -0.2) is 35.0 Å². The lowest BCUT2D eigenvalue weighted by molar-refractivity contribution is -0.128. The quantitative estimate of drug-likeness (QED) is 0.878. The molecule has 1 aliphatic heterocycles. The van der Waals surface area contributed by atoms with E-state index < -0.39 is 23.5 Å². The van der Waals surface area contributed by atoms with Gasteiger partial charge in [-0.25, -0.2) is 4.79 Å². The van der Waals surface area contributed by atoms with Crippen LogP contribution in [0.5, 0.6) is 0 Å². The molecule has 1 aromatic rings. The Kier molecular flexibility index (Phi) is 5.11. The SMILES string of the molecule is CC(C)(C)OC(=O)Nc1ccc(CN2CC(C(N)=O)CC2=O)cc1. The van der Waals surface area contributed by atoms with Crippen molar-refractivity contribution in [2.45, 2.75) is 39.3 Å². The molecule has 7 nitrogen and oxygen atoms in total. The van der Waals surface area contributed by atoms with E-state index >= 15 is 0 Å². The number of hydrogen-bond acceptors (Lipinski definition) is 4. The standard InChI is InChI=1S/C17H23N3O4/c1-17(2,3)24-16(23)19-13-6-4-11(5-7-13)9-20-10-12(15(18)22)8-14(20)21/h4-7,12H,8-10H2,1-3H3,(H2,18,22)(H,19,23). The van der Waals surface area contributed by atoms with E-state index in [2.05, 4.69) is 5.32 Å². The van der Waals surface area contributed by atoms with Crippen LogP contribution in [0.2, 0.25) is 0 Å². The number of nitrogens with one attached hydrogen (secondary N) is 1. The zero-order chi connectivity index (χ0) is 17.9. The highest BCUT2D eigenvalue weighted by Gasteiger charge is 2.32. The number of hydrogen-bond donors (Lipinski definition) is 2. The summed E-state index contributed by atoms with van der Waals surface area (Å²) in [4.78, 5) is 36.4. The van der Waals surface area contributed by atoms with E-state index in [1.165, 1.54) is 0 Å². The van der Waals surface area contributed by atoms with E-state index in [9.17, 15) is 14.4 Å². The lowest BCUT2D eigenvalue weighted by atomic mass is 10.1. The highest BCUT2D eigenvalue weighted by molar-refractivity contribution is 5.88. The van der Waals surface area contributed by atoms with Crippen LogP contribution < -0.4 is 11.1 Å². The van der Waals surface area contributed by atoms with Gasteiger partial charge < -0.3 is 15.4 Å². The number of likely N-dealkylation sites (tertiary alicyclic amines) is 1. The van der Waals surface area contributed by atoms with Gasteiger partial charge in [-0.15, -0.1) is 0 Å². The van der Waals surface area contributed by atoms with Gasteiger partial charge in [0.1, 0.15) is 5.60 Å². The van der Waals surface area contributed by atoms with Gasteiger partial charge in [0, 0.05) is 25.2 Å². The predicted molar refractivity (Wildman–Crippen MR) is 89.0 cm³/mol. The molecule has 1 saturated heterocycles. The van der Waals surface area contributed by atoms with Gasteiger partial charge in [-0.1, -0.05) is 12.1 Å². The van der Waals surface area contributed by atoms with Crippen LogP contribution in [0.15, 0.2) is 24.3 Å². The molecule has 1 heterocycles. The maximum atomic E-state index is 11.9. The molecule has 0 aliphatic carbocycles. The van der Waals surface area contributed by atoms with Crippen molar-refractivity contribution >= 4 is 23.6 Å². The van der Waals surface area contributed by atoms with E-state index in [1.54, 1.807) is 37.8 Å². The molecule has 0 spiro atoms. The normalized spacial score (nSPS) is 17.7. The average molecular weight is 333 g/mol. The minimum atomic E-state index is -0.558. The molecule has 1 unspecified atom stereocenters. The van der Waals surface area contributed by atoms with Crippen LogP contribution in [0, 0.1) is 5.92 Å². The summed E-state index contributed by atoms with van der Waals surface area (Å²) < 4.78 is 5.18. The molecule has 24 heavy (non-hydrogen) atoms. The Morgan fingerprint density at radius 1 is 1.29 bits per heavy atom. The van der Waals surface area contributed by atoms with Crippen molar-refractivity contribution in [2.24, 2.45) is 11.7 Å². The van der Waals surface area contributed by atoms with Gasteiger partial charge in [-0.2, -0.15) is 0 Å². The Labute approximate surface area is 141 Å². The first-order valence-corrected chi connectivity index (χ1v) is 7.80. The van der Waals surface area contributed by atoms with Gasteiger partial charge >= 0.3 is 6.09 Å². The van der Waals surface area contributed by atoms with Crippen molar-refractivity contribution in [3.05, 3.63) is 29.8 Å². The largest absolute Gasteiger partial charge is 0.444 e. The highest BCUT2D eigenvalue weighted by Crippen LogP contribution is 2.21. The second-order valence-electron chi connectivity index (χ2n) is 6.90. The number of carbonyl (C=O) groups is 3. The van der Waals surface area contributed by atoms with Crippen molar-refractivity contribution in [2.75, 3.05) is 11.9 Å². The number of anilines is 1. The topological polar surface area (TPSA) is 102 Å². The third-order valence-corrected chi connectivity index (χ3v) is 3.59. The Morgan fingerprint density at radius 3 is 2.42 bits per heavy atom. The minimum Gasteiger partial charge on any atom is -0.444 e. The lowest BCUT2D eigenvalue weighted by Crippen LogP contribution is -2.28. The second-order valence-corrected chi connectivity index (χ2v) is 6.90. The van der Waals surface area contributed by atoms with Gasteiger partial charge in [0.25, 0.3) is 0 Å². The van der Waals surface area contributed by atoms with Crippen molar-refractivity contribution in [1.29, 1.82) is 0 Å². The van der Waals surface area contributed by atoms with Crippen LogP contribution in [0.4, 0.5) is 10.5 Å². The molecule has 0 bridgehead atoms. The van der Waals surface area contributed by atoms with Crippen molar-refractivity contribution in [3.63, 3.8) is 0 Å². The maximum Gasteiger partial charge on any atom is 0.412 e. The van der Waals surface area contributed by atoms with Gasteiger partial charge in [0.2, 0.25) is 11.8 Å². The van der Waals surface area contributed by atoms with Crippen LogP contribution in [-0.2, 0) is 20.9 Å². The van der Waals surface area contributed by atoms with Gasteiger partial charge in [-0.3, -0.25) is 14.9 Å². The average Bonchev–Trinajstić information content (AvgIpc) is 2.80. The number of nitrogens with zero attached hydrogens (tertiary/aromatic N) is 1. The molecular formula is C17H23N3O4. The summed E-state index contributed by atoms with van der Waals surface area (Å²) >= 11 is 0. The van der Waals surface area contributed by atoms with Gasteiger partial charge in [-0.05, 0) is 38.5 Å². The van der Waals surface area contributed by atoms with Crippen LogP contribution >= 0.6 is 0 Å². The molecule has 130 valence electrons. The summed E-state index contributed by atoms with van der Waals surface area (Å²) in [6.07, 6.45) is -0.345. The molecule has 0 saturated carbocycles. The highest BCUT2D eigenvalue weighted by atomic mass is 16.6. The third-order valence-electron chi connectivity index (χ3n) is 3.59. The number of benzene rings is 1. The fourth-order valence-corrected chi connectivity index (χ4v) is 2.45. The molecule has 1 atom stereocenters. The summed E-state index contributed by atoms with van der Waals surface area (Å²) in [6, 6.07) is 7.12. The van der Waals surface area contributed by atoms with E-state index in [0.29, 0.717) is 18.8 Å². The van der Waals surface area contributed by atoms with Crippen LogP contribution in [0.1, 0.15) is 32.8 Å². The number of rotatable bonds is 4. The fraction of sp³-hybridized carbons (Fsp3) is 0.471. The summed E-state index contributed by atoms with van der Waals surface area (Å²) in [5, 5.41) is 2.65. The summed E-state index contributed by atoms with van der Waals surface area (Å²) in [5.41, 5.74) is 6.21. The summed E-state index contributed by atoms with van der Waals surface area (Å²) in [7, 11) is 0. The number of carbonyl (C=O) groups excluding carboxylic acids is 3. The Morgan fingerprint density at radius 2 is 1.92 bits per heavy atom. The Bertz CT molecular complexity index is 634. The van der Waals surface area contributed by atoms with E-state index in [4.69, 9.17) is 10.5 Å². The molecule has 0 radical (unpaired) electrons. The molecule has 3 N–H and O–H groups in total. The Balaban J connectivity index is 1.92. The van der Waals surface area contributed by atoms with Crippen LogP contribution in [0.25, 0.3) is 0 Å². The summed E-state index contributed by atoms with van der Waals surface area (Å²) in [6.45, 7) is 6.15. The molecule has 3 amide bonds. The zero-order valence-corrected chi connectivity index (χ0v) is 14.2. The van der Waals surface area contributed by atoms with E-state index in [-0.39, 0.29) is 12.3 Å². The number of ether oxygens (including phenoxy) is 1. The maximum absolute atomic E-state index is 11.9. The van der Waals surface area contributed by atoms with Gasteiger partial charge in [0.15, 0.2) is 0 Å². The molecule has 1 aliphatic rings. The van der Waals surface area contributed by atoms with Crippen molar-refractivity contribution < 1.29 is 19.1 Å². The van der Waals surface area contributed by atoms with Crippen LogP contribution in [0.3, 0.4) is 0 Å². The molecular weight excluding hydrogens is 310 g/mol. The molecule has 1 fully saturated rings. The number of amides is 3. The fourth-order valence-electron chi connectivity index (χ4n) is 2.45. The smallest absolute Gasteiger partial charge is 0.412 e. The van der Waals surface area contributed by atoms with E-state index in [1.807, 2.05) is 12.1 Å². The van der Waals surface area contributed by atoms with Crippen molar-refractivity contribution in [3.8, 4) is 0 Å². The first-order chi connectivity index (χ1) is 11.1. The predicted octanol–water partition coefficient (Wildman–Crippen LogP) is 1.87. The third kappa shape index (κ3) is 4.97. The van der Waals surface area contributed by atoms with Gasteiger partial charge in [0.05, 0.1) is 5.92 Å². The first-order valence-electron chi connectivity index (χ1n) is 7.80.